The van der Waals surface area contributed by atoms with Gasteiger partial charge in [0.05, 0.1) is 19.3 Å². The number of pyridine rings is 1. The molecule has 0 fully saturated rings. The molecule has 144 valence electrons. The van der Waals surface area contributed by atoms with Crippen molar-refractivity contribution in [2.45, 2.75) is 46.6 Å². The lowest BCUT2D eigenvalue weighted by molar-refractivity contribution is 0.169. The number of guanidine groups is 1. The molecule has 1 aromatic heterocycles. The predicted molar refractivity (Wildman–Crippen MR) is 114 cm³/mol. The quantitative estimate of drug-likeness (QED) is 0.282. The molecule has 1 heterocycles. The van der Waals surface area contributed by atoms with Crippen molar-refractivity contribution in [2.24, 2.45) is 10.4 Å². The summed E-state index contributed by atoms with van der Waals surface area (Å²) < 4.78 is 5.14. The van der Waals surface area contributed by atoms with Crippen molar-refractivity contribution >= 4 is 29.9 Å². The lowest BCUT2D eigenvalue weighted by Crippen LogP contribution is -2.43. The van der Waals surface area contributed by atoms with Gasteiger partial charge in [0.25, 0.3) is 0 Å². The van der Waals surface area contributed by atoms with Crippen LogP contribution in [-0.4, -0.2) is 42.9 Å². The van der Waals surface area contributed by atoms with Crippen LogP contribution in [0.3, 0.4) is 0 Å². The SMILES string of the molecule is CCNC(=NCc1cccc(OC)n1)NCC(CC)(CC)CCO.I. The number of nitrogens with zero attached hydrogens (tertiary/aromatic N) is 2. The number of hydrogen-bond acceptors (Lipinski definition) is 4. The molecule has 0 saturated carbocycles. The van der Waals surface area contributed by atoms with Gasteiger partial charge in [-0.25, -0.2) is 9.98 Å². The van der Waals surface area contributed by atoms with Gasteiger partial charge in [0.15, 0.2) is 5.96 Å². The molecule has 1 aromatic rings. The Hall–Kier alpha value is -1.09. The number of aromatic nitrogens is 1. The highest BCUT2D eigenvalue weighted by Crippen LogP contribution is 2.29. The minimum Gasteiger partial charge on any atom is -0.481 e. The van der Waals surface area contributed by atoms with Crippen LogP contribution < -0.4 is 15.4 Å². The Labute approximate surface area is 168 Å². The van der Waals surface area contributed by atoms with E-state index in [4.69, 9.17) is 4.74 Å². The van der Waals surface area contributed by atoms with Crippen molar-refractivity contribution in [1.82, 2.24) is 15.6 Å². The molecule has 0 aliphatic rings. The Morgan fingerprint density at radius 1 is 1.24 bits per heavy atom. The zero-order valence-corrected chi connectivity index (χ0v) is 18.2. The minimum absolute atomic E-state index is 0. The summed E-state index contributed by atoms with van der Waals surface area (Å²) in [5.41, 5.74) is 0.957. The van der Waals surface area contributed by atoms with Crippen LogP contribution in [0.2, 0.25) is 0 Å². The fourth-order valence-electron chi connectivity index (χ4n) is 2.61. The lowest BCUT2D eigenvalue weighted by Gasteiger charge is -2.32. The summed E-state index contributed by atoms with van der Waals surface area (Å²) in [5.74, 6) is 1.37. The molecule has 0 aromatic carbocycles. The number of nitrogens with one attached hydrogen (secondary N) is 2. The second kappa shape index (κ2) is 13.2. The average Bonchev–Trinajstić information content (AvgIpc) is 2.63. The monoisotopic (exact) mass is 464 g/mol. The molecule has 1 rings (SSSR count). The molecule has 0 amide bonds. The van der Waals surface area contributed by atoms with Crippen molar-refractivity contribution in [3.8, 4) is 5.88 Å². The number of hydrogen-bond donors (Lipinski definition) is 3. The third-order valence-electron chi connectivity index (χ3n) is 4.51. The normalized spacial score (nSPS) is 11.6. The Bertz CT molecular complexity index is 508. The van der Waals surface area contributed by atoms with E-state index in [2.05, 4.69) is 34.5 Å². The van der Waals surface area contributed by atoms with Crippen LogP contribution in [0.4, 0.5) is 0 Å². The van der Waals surface area contributed by atoms with Crippen molar-refractivity contribution in [3.05, 3.63) is 23.9 Å². The zero-order valence-electron chi connectivity index (χ0n) is 15.8. The zero-order chi connectivity index (χ0) is 17.8. The number of aliphatic hydroxyl groups excluding tert-OH is 1. The van der Waals surface area contributed by atoms with Gasteiger partial charge in [0.2, 0.25) is 5.88 Å². The molecule has 0 radical (unpaired) electrons. The molecule has 0 spiro atoms. The molecule has 6 nitrogen and oxygen atoms in total. The number of ether oxygens (including phenoxy) is 1. The fourth-order valence-corrected chi connectivity index (χ4v) is 2.61. The van der Waals surface area contributed by atoms with Crippen molar-refractivity contribution in [1.29, 1.82) is 0 Å². The minimum atomic E-state index is 0. The third kappa shape index (κ3) is 8.22. The second-order valence-electron chi connectivity index (χ2n) is 5.90. The summed E-state index contributed by atoms with van der Waals surface area (Å²) in [4.78, 5) is 8.98. The van der Waals surface area contributed by atoms with Gasteiger partial charge >= 0.3 is 0 Å². The molecule has 3 N–H and O–H groups in total. The maximum Gasteiger partial charge on any atom is 0.213 e. The predicted octanol–water partition coefficient (Wildman–Crippen LogP) is 2.95. The van der Waals surface area contributed by atoms with Gasteiger partial charge in [-0.2, -0.15) is 0 Å². The Morgan fingerprint density at radius 2 is 1.96 bits per heavy atom. The van der Waals surface area contributed by atoms with Gasteiger partial charge in [0, 0.05) is 25.8 Å². The first kappa shape index (κ1) is 23.9. The number of methoxy groups -OCH3 is 1. The van der Waals surface area contributed by atoms with Gasteiger partial charge < -0.3 is 20.5 Å². The number of halogens is 1. The summed E-state index contributed by atoms with van der Waals surface area (Å²) in [6.07, 6.45) is 2.84. The molecule has 0 aliphatic carbocycles. The highest BCUT2D eigenvalue weighted by atomic mass is 127. The third-order valence-corrected chi connectivity index (χ3v) is 4.51. The van der Waals surface area contributed by atoms with E-state index in [0.29, 0.717) is 12.4 Å². The van der Waals surface area contributed by atoms with E-state index in [-0.39, 0.29) is 36.0 Å². The molecule has 25 heavy (non-hydrogen) atoms. The molecule has 0 saturated heterocycles. The number of rotatable bonds is 10. The first-order valence-electron chi connectivity index (χ1n) is 8.76. The smallest absolute Gasteiger partial charge is 0.213 e. The summed E-state index contributed by atoms with van der Waals surface area (Å²) >= 11 is 0. The highest BCUT2D eigenvalue weighted by molar-refractivity contribution is 14.0. The lowest BCUT2D eigenvalue weighted by atomic mass is 9.79. The maximum atomic E-state index is 9.34. The first-order valence-corrected chi connectivity index (χ1v) is 8.76. The number of aliphatic hydroxyl groups is 1. The van der Waals surface area contributed by atoms with Crippen LogP contribution in [0.25, 0.3) is 0 Å². The van der Waals surface area contributed by atoms with Crippen LogP contribution in [-0.2, 0) is 6.54 Å². The summed E-state index contributed by atoms with van der Waals surface area (Å²) in [7, 11) is 1.61. The van der Waals surface area contributed by atoms with Crippen molar-refractivity contribution in [3.63, 3.8) is 0 Å². The van der Waals surface area contributed by atoms with Gasteiger partial charge in [0.1, 0.15) is 0 Å². The summed E-state index contributed by atoms with van der Waals surface area (Å²) in [6.45, 7) is 8.67. The summed E-state index contributed by atoms with van der Waals surface area (Å²) in [6, 6.07) is 5.67. The van der Waals surface area contributed by atoms with Crippen molar-refractivity contribution in [2.75, 3.05) is 26.8 Å². The number of aliphatic imine (C=N–C) groups is 1. The van der Waals surface area contributed by atoms with Crippen LogP contribution >= 0.6 is 24.0 Å². The van der Waals surface area contributed by atoms with Gasteiger partial charge in [-0.05, 0) is 37.7 Å². The van der Waals surface area contributed by atoms with Crippen LogP contribution in [0.1, 0.15) is 45.7 Å². The van der Waals surface area contributed by atoms with Gasteiger partial charge in [-0.1, -0.05) is 19.9 Å². The van der Waals surface area contributed by atoms with E-state index in [0.717, 1.165) is 44.0 Å². The molecule has 0 aliphatic heterocycles. The average molecular weight is 464 g/mol. The largest absolute Gasteiger partial charge is 0.481 e. The second-order valence-corrected chi connectivity index (χ2v) is 5.90. The Balaban J connectivity index is 0.00000576. The van der Waals surface area contributed by atoms with E-state index >= 15 is 0 Å². The molecule has 0 atom stereocenters. The molecule has 7 heteroatoms. The van der Waals surface area contributed by atoms with E-state index in [1.54, 1.807) is 7.11 Å². The Morgan fingerprint density at radius 3 is 2.52 bits per heavy atom. The first-order chi connectivity index (χ1) is 11.6. The standard InChI is InChI=1S/C18H32N4O2.HI/c1-5-18(6-2,11-12-23)14-21-17(19-7-3)20-13-15-9-8-10-16(22-15)24-4;/h8-10,23H,5-7,11-14H2,1-4H3,(H2,19,20,21);1H. The van der Waals surface area contributed by atoms with Crippen molar-refractivity contribution < 1.29 is 9.84 Å². The molecular weight excluding hydrogens is 431 g/mol. The van der Waals surface area contributed by atoms with Crippen LogP contribution in [0.5, 0.6) is 5.88 Å². The van der Waals surface area contributed by atoms with Gasteiger partial charge in [-0.3, -0.25) is 0 Å². The molecule has 0 bridgehead atoms. The molecular formula is C18H33IN4O2. The van der Waals surface area contributed by atoms with E-state index in [1.165, 1.54) is 0 Å². The van der Waals surface area contributed by atoms with Crippen LogP contribution in [0, 0.1) is 5.41 Å². The highest BCUT2D eigenvalue weighted by Gasteiger charge is 2.25. The maximum absolute atomic E-state index is 9.34. The fraction of sp³-hybridized carbons (Fsp3) is 0.667. The van der Waals surface area contributed by atoms with E-state index in [9.17, 15) is 5.11 Å². The van der Waals surface area contributed by atoms with Gasteiger partial charge in [-0.15, -0.1) is 24.0 Å². The summed E-state index contributed by atoms with van der Waals surface area (Å²) in [5, 5.41) is 16.0. The van der Waals surface area contributed by atoms with Crippen LogP contribution in [0.15, 0.2) is 23.2 Å². The Kier molecular flexibility index (Phi) is 12.6. The topological polar surface area (TPSA) is 78.8 Å². The van der Waals surface area contributed by atoms with E-state index in [1.807, 2.05) is 25.1 Å². The molecule has 0 unspecified atom stereocenters. The van der Waals surface area contributed by atoms with E-state index < -0.39 is 0 Å².